The molecule has 1 aliphatic heterocycles. The lowest BCUT2D eigenvalue weighted by atomic mass is 9.82. The molecule has 20 heavy (non-hydrogen) atoms. The summed E-state index contributed by atoms with van der Waals surface area (Å²) >= 11 is 0. The number of benzene rings is 1. The highest BCUT2D eigenvalue weighted by molar-refractivity contribution is 5.31. The molecule has 1 saturated heterocycles. The van der Waals surface area contributed by atoms with Crippen molar-refractivity contribution >= 4 is 0 Å². The standard InChI is InChI=1S/C17H27NO2/c1-4-17(2,3)13-5-7-14(8-6-13)19-12-16-10-9-15(11-18)20-16/h5-8,15-16H,4,9-12,18H2,1-3H3. The molecule has 2 unspecified atom stereocenters. The minimum atomic E-state index is 0.190. The molecule has 1 heterocycles. The number of hydrogen-bond acceptors (Lipinski definition) is 3. The minimum Gasteiger partial charge on any atom is -0.491 e. The van der Waals surface area contributed by atoms with E-state index in [4.69, 9.17) is 15.2 Å². The van der Waals surface area contributed by atoms with E-state index in [2.05, 4.69) is 45.0 Å². The Balaban J connectivity index is 1.85. The zero-order valence-corrected chi connectivity index (χ0v) is 12.9. The summed E-state index contributed by atoms with van der Waals surface area (Å²) in [4.78, 5) is 0. The number of rotatable bonds is 6. The lowest BCUT2D eigenvalue weighted by Crippen LogP contribution is -2.23. The highest BCUT2D eigenvalue weighted by Gasteiger charge is 2.24. The van der Waals surface area contributed by atoms with Crippen molar-refractivity contribution in [1.29, 1.82) is 0 Å². The van der Waals surface area contributed by atoms with Crippen LogP contribution in [-0.2, 0) is 10.2 Å². The molecule has 2 atom stereocenters. The van der Waals surface area contributed by atoms with Gasteiger partial charge in [0.2, 0.25) is 0 Å². The van der Waals surface area contributed by atoms with Gasteiger partial charge >= 0.3 is 0 Å². The second-order valence-electron chi connectivity index (χ2n) is 6.27. The van der Waals surface area contributed by atoms with Crippen LogP contribution in [0.2, 0.25) is 0 Å². The minimum absolute atomic E-state index is 0.190. The van der Waals surface area contributed by atoms with Crippen LogP contribution in [0, 0.1) is 0 Å². The Morgan fingerprint density at radius 1 is 1.20 bits per heavy atom. The van der Waals surface area contributed by atoms with Gasteiger partial charge in [0.25, 0.3) is 0 Å². The summed E-state index contributed by atoms with van der Waals surface area (Å²) in [5, 5.41) is 0. The number of hydrogen-bond donors (Lipinski definition) is 1. The number of nitrogens with two attached hydrogens (primary N) is 1. The molecule has 1 fully saturated rings. The van der Waals surface area contributed by atoms with Crippen molar-refractivity contribution in [2.45, 2.75) is 57.7 Å². The topological polar surface area (TPSA) is 44.5 Å². The fourth-order valence-electron chi connectivity index (χ4n) is 2.47. The molecule has 1 aromatic rings. The molecule has 0 aliphatic carbocycles. The average Bonchev–Trinajstić information content (AvgIpc) is 2.93. The van der Waals surface area contributed by atoms with E-state index in [1.807, 2.05) is 0 Å². The molecule has 0 spiro atoms. The Kier molecular flexibility index (Phi) is 5.06. The Bertz CT molecular complexity index is 414. The van der Waals surface area contributed by atoms with Crippen LogP contribution in [-0.4, -0.2) is 25.4 Å². The van der Waals surface area contributed by atoms with E-state index in [0.717, 1.165) is 25.0 Å². The van der Waals surface area contributed by atoms with Crippen molar-refractivity contribution < 1.29 is 9.47 Å². The van der Waals surface area contributed by atoms with Gasteiger partial charge < -0.3 is 15.2 Å². The fraction of sp³-hybridized carbons (Fsp3) is 0.647. The van der Waals surface area contributed by atoms with Crippen LogP contribution in [0.1, 0.15) is 45.6 Å². The van der Waals surface area contributed by atoms with Gasteiger partial charge in [-0.15, -0.1) is 0 Å². The SMILES string of the molecule is CCC(C)(C)c1ccc(OCC2CCC(CN)O2)cc1. The smallest absolute Gasteiger partial charge is 0.119 e. The van der Waals surface area contributed by atoms with Gasteiger partial charge in [-0.3, -0.25) is 0 Å². The summed E-state index contributed by atoms with van der Waals surface area (Å²) in [6.45, 7) is 7.98. The second-order valence-corrected chi connectivity index (χ2v) is 6.27. The third kappa shape index (κ3) is 3.74. The largest absolute Gasteiger partial charge is 0.491 e. The zero-order valence-electron chi connectivity index (χ0n) is 12.9. The van der Waals surface area contributed by atoms with Gasteiger partial charge in [-0.25, -0.2) is 0 Å². The van der Waals surface area contributed by atoms with E-state index in [1.54, 1.807) is 0 Å². The molecule has 112 valence electrons. The Morgan fingerprint density at radius 3 is 2.40 bits per heavy atom. The molecular formula is C17H27NO2. The van der Waals surface area contributed by atoms with E-state index in [1.165, 1.54) is 5.56 Å². The van der Waals surface area contributed by atoms with Gasteiger partial charge in [0, 0.05) is 6.54 Å². The highest BCUT2D eigenvalue weighted by Crippen LogP contribution is 2.28. The monoisotopic (exact) mass is 277 g/mol. The van der Waals surface area contributed by atoms with Crippen molar-refractivity contribution in [3.8, 4) is 5.75 Å². The van der Waals surface area contributed by atoms with Crippen LogP contribution >= 0.6 is 0 Å². The Labute approximate surface area is 122 Å². The van der Waals surface area contributed by atoms with Gasteiger partial charge in [0.05, 0.1) is 12.2 Å². The van der Waals surface area contributed by atoms with Crippen molar-refractivity contribution in [2.75, 3.05) is 13.2 Å². The van der Waals surface area contributed by atoms with Crippen molar-refractivity contribution in [3.63, 3.8) is 0 Å². The molecule has 3 heteroatoms. The molecule has 1 aromatic carbocycles. The van der Waals surface area contributed by atoms with Gasteiger partial charge in [0.1, 0.15) is 12.4 Å². The number of ether oxygens (including phenoxy) is 2. The van der Waals surface area contributed by atoms with Gasteiger partial charge in [-0.1, -0.05) is 32.9 Å². The summed E-state index contributed by atoms with van der Waals surface area (Å²) in [5.74, 6) is 0.917. The maximum absolute atomic E-state index is 5.82. The molecule has 1 aliphatic rings. The molecule has 0 radical (unpaired) electrons. The molecule has 3 nitrogen and oxygen atoms in total. The van der Waals surface area contributed by atoms with Crippen molar-refractivity contribution in [1.82, 2.24) is 0 Å². The van der Waals surface area contributed by atoms with E-state index < -0.39 is 0 Å². The normalized spacial score (nSPS) is 23.0. The van der Waals surface area contributed by atoms with E-state index in [9.17, 15) is 0 Å². The van der Waals surface area contributed by atoms with E-state index in [0.29, 0.717) is 13.2 Å². The molecule has 2 rings (SSSR count). The first kappa shape index (κ1) is 15.3. The van der Waals surface area contributed by atoms with Crippen molar-refractivity contribution in [3.05, 3.63) is 29.8 Å². The molecule has 2 N–H and O–H groups in total. The first-order chi connectivity index (χ1) is 9.55. The maximum Gasteiger partial charge on any atom is 0.119 e. The molecule has 0 bridgehead atoms. The average molecular weight is 277 g/mol. The van der Waals surface area contributed by atoms with Crippen LogP contribution < -0.4 is 10.5 Å². The predicted octanol–water partition coefficient (Wildman–Crippen LogP) is 3.26. The summed E-state index contributed by atoms with van der Waals surface area (Å²) < 4.78 is 11.6. The molecule has 0 amide bonds. The molecule has 0 saturated carbocycles. The van der Waals surface area contributed by atoms with Gasteiger partial charge in [0.15, 0.2) is 0 Å². The zero-order chi connectivity index (χ0) is 14.6. The van der Waals surface area contributed by atoms with E-state index in [-0.39, 0.29) is 17.6 Å². The third-order valence-corrected chi connectivity index (χ3v) is 4.41. The Hall–Kier alpha value is -1.06. The summed E-state index contributed by atoms with van der Waals surface area (Å²) in [6.07, 6.45) is 3.63. The quantitative estimate of drug-likeness (QED) is 0.868. The lowest BCUT2D eigenvalue weighted by molar-refractivity contribution is 0.0222. The highest BCUT2D eigenvalue weighted by atomic mass is 16.5. The third-order valence-electron chi connectivity index (χ3n) is 4.41. The molecular weight excluding hydrogens is 250 g/mol. The summed E-state index contributed by atoms with van der Waals surface area (Å²) in [6, 6.07) is 8.44. The van der Waals surface area contributed by atoms with Crippen LogP contribution in [0.15, 0.2) is 24.3 Å². The van der Waals surface area contributed by atoms with Crippen LogP contribution in [0.25, 0.3) is 0 Å². The van der Waals surface area contributed by atoms with Crippen LogP contribution in [0.4, 0.5) is 0 Å². The second kappa shape index (κ2) is 6.59. The van der Waals surface area contributed by atoms with Gasteiger partial charge in [-0.05, 0) is 42.4 Å². The van der Waals surface area contributed by atoms with Crippen molar-refractivity contribution in [2.24, 2.45) is 5.73 Å². The first-order valence-corrected chi connectivity index (χ1v) is 7.64. The Morgan fingerprint density at radius 2 is 1.85 bits per heavy atom. The fourth-order valence-corrected chi connectivity index (χ4v) is 2.47. The lowest BCUT2D eigenvalue weighted by Gasteiger charge is -2.23. The van der Waals surface area contributed by atoms with E-state index >= 15 is 0 Å². The predicted molar refractivity (Wildman–Crippen MR) is 82.2 cm³/mol. The maximum atomic E-state index is 5.82. The summed E-state index contributed by atoms with van der Waals surface area (Å²) in [7, 11) is 0. The summed E-state index contributed by atoms with van der Waals surface area (Å²) in [5.41, 5.74) is 7.19. The van der Waals surface area contributed by atoms with Gasteiger partial charge in [-0.2, -0.15) is 0 Å². The molecule has 0 aromatic heterocycles. The first-order valence-electron chi connectivity index (χ1n) is 7.64. The van der Waals surface area contributed by atoms with Crippen LogP contribution in [0.3, 0.4) is 0 Å². The van der Waals surface area contributed by atoms with Crippen LogP contribution in [0.5, 0.6) is 5.75 Å².